The number of nitrogens with one attached hydrogen (secondary N) is 1. The zero-order chi connectivity index (χ0) is 21.2. The number of hydrogen-bond donors (Lipinski definition) is 1. The van der Waals surface area contributed by atoms with Crippen LogP contribution in [0.3, 0.4) is 0 Å². The Kier molecular flexibility index (Phi) is 6.07. The van der Waals surface area contributed by atoms with E-state index in [1.807, 2.05) is 18.2 Å². The van der Waals surface area contributed by atoms with E-state index < -0.39 is 14.6 Å². The molecule has 1 atom stereocenters. The van der Waals surface area contributed by atoms with Crippen molar-refractivity contribution in [3.05, 3.63) is 59.6 Å². The molecule has 2 aromatic rings. The van der Waals surface area contributed by atoms with Gasteiger partial charge < -0.3 is 10.2 Å². The summed E-state index contributed by atoms with van der Waals surface area (Å²) >= 11 is 5.92. The average Bonchev–Trinajstić information content (AvgIpc) is 3.44. The Morgan fingerprint density at radius 2 is 1.73 bits per heavy atom. The molecule has 0 aromatic heterocycles. The number of rotatable bonds is 6. The van der Waals surface area contributed by atoms with E-state index in [1.54, 1.807) is 12.1 Å². The summed E-state index contributed by atoms with van der Waals surface area (Å²) in [6, 6.07) is 16.3. The normalized spacial score (nSPS) is 21.0. The van der Waals surface area contributed by atoms with Gasteiger partial charge in [0, 0.05) is 30.3 Å². The fraction of sp³-hybridized carbons (Fsp3) is 0.435. The van der Waals surface area contributed by atoms with Gasteiger partial charge in [0.2, 0.25) is 5.91 Å². The first-order valence-corrected chi connectivity index (χ1v) is 12.4. The van der Waals surface area contributed by atoms with Gasteiger partial charge in [0.25, 0.3) is 0 Å². The van der Waals surface area contributed by atoms with Crippen molar-refractivity contribution >= 4 is 33.0 Å². The van der Waals surface area contributed by atoms with Gasteiger partial charge in [-0.15, -0.1) is 0 Å². The molecule has 4 rings (SSSR count). The second-order valence-corrected chi connectivity index (χ2v) is 11.0. The zero-order valence-electron chi connectivity index (χ0n) is 16.9. The molecule has 2 fully saturated rings. The fourth-order valence-electron chi connectivity index (χ4n) is 4.67. The number of halogens is 1. The zero-order valence-corrected chi connectivity index (χ0v) is 18.5. The third-order valence-corrected chi connectivity index (χ3v) is 9.19. The van der Waals surface area contributed by atoms with Crippen LogP contribution in [0.25, 0.3) is 0 Å². The van der Waals surface area contributed by atoms with Gasteiger partial charge in [0.05, 0.1) is 4.90 Å². The monoisotopic (exact) mass is 446 g/mol. The molecule has 0 bridgehead atoms. The Morgan fingerprint density at radius 3 is 2.40 bits per heavy atom. The molecule has 160 valence electrons. The highest BCUT2D eigenvalue weighted by Gasteiger charge is 2.52. The van der Waals surface area contributed by atoms with Crippen LogP contribution in [0.15, 0.2) is 59.5 Å². The predicted octanol–water partition coefficient (Wildman–Crippen LogP) is 4.07. The average molecular weight is 447 g/mol. The molecule has 1 unspecified atom stereocenters. The van der Waals surface area contributed by atoms with Crippen LogP contribution in [0, 0.1) is 5.92 Å². The highest BCUT2D eigenvalue weighted by molar-refractivity contribution is 7.93. The maximum Gasteiger partial charge on any atom is 0.241 e. The molecule has 1 saturated carbocycles. The summed E-state index contributed by atoms with van der Waals surface area (Å²) in [4.78, 5) is 15.7. The molecule has 2 aromatic carbocycles. The lowest BCUT2D eigenvalue weighted by Gasteiger charge is -2.28. The van der Waals surface area contributed by atoms with E-state index in [0.717, 1.165) is 32.4 Å². The van der Waals surface area contributed by atoms with Crippen LogP contribution in [0.2, 0.25) is 5.02 Å². The van der Waals surface area contributed by atoms with E-state index >= 15 is 0 Å². The van der Waals surface area contributed by atoms with Gasteiger partial charge >= 0.3 is 0 Å². The fourth-order valence-corrected chi connectivity index (χ4v) is 6.89. The second-order valence-electron chi connectivity index (χ2n) is 8.31. The maximum atomic E-state index is 13.4. The SMILES string of the molecule is O=C(NCC1CCN(c2ccccc2)C1)C1(S(=O)(=O)c2ccc(Cl)cc2)CCCC1. The molecule has 1 N–H and O–H groups in total. The first-order chi connectivity index (χ1) is 14.4. The number of carbonyl (C=O) groups is 1. The smallest absolute Gasteiger partial charge is 0.241 e. The van der Waals surface area contributed by atoms with Crippen LogP contribution >= 0.6 is 11.6 Å². The predicted molar refractivity (Wildman–Crippen MR) is 120 cm³/mol. The quantitative estimate of drug-likeness (QED) is 0.726. The summed E-state index contributed by atoms with van der Waals surface area (Å²) in [7, 11) is -3.80. The van der Waals surface area contributed by atoms with Crippen LogP contribution in [0.1, 0.15) is 32.1 Å². The minimum atomic E-state index is -3.80. The van der Waals surface area contributed by atoms with Gasteiger partial charge in [-0.1, -0.05) is 42.6 Å². The summed E-state index contributed by atoms with van der Waals surface area (Å²) in [6.45, 7) is 2.31. The summed E-state index contributed by atoms with van der Waals surface area (Å²) < 4.78 is 25.5. The van der Waals surface area contributed by atoms with Crippen LogP contribution in [-0.4, -0.2) is 38.7 Å². The topological polar surface area (TPSA) is 66.5 Å². The number of sulfone groups is 1. The largest absolute Gasteiger partial charge is 0.371 e. The summed E-state index contributed by atoms with van der Waals surface area (Å²) in [6.07, 6.45) is 3.19. The molecular weight excluding hydrogens is 420 g/mol. The first-order valence-electron chi connectivity index (χ1n) is 10.5. The van der Waals surface area contributed by atoms with E-state index in [4.69, 9.17) is 11.6 Å². The minimum Gasteiger partial charge on any atom is -0.371 e. The molecule has 7 heteroatoms. The molecule has 0 spiro atoms. The number of hydrogen-bond acceptors (Lipinski definition) is 4. The van der Waals surface area contributed by atoms with E-state index in [1.165, 1.54) is 17.8 Å². The van der Waals surface area contributed by atoms with Crippen molar-refractivity contribution < 1.29 is 13.2 Å². The number of carbonyl (C=O) groups excluding carboxylic acids is 1. The van der Waals surface area contributed by atoms with Crippen molar-refractivity contribution in [2.75, 3.05) is 24.5 Å². The molecule has 1 heterocycles. The molecular formula is C23H27ClN2O3S. The molecule has 2 aliphatic rings. The molecule has 1 aliphatic carbocycles. The van der Waals surface area contributed by atoms with Crippen molar-refractivity contribution in [1.29, 1.82) is 0 Å². The van der Waals surface area contributed by atoms with E-state index in [9.17, 15) is 13.2 Å². The summed E-state index contributed by atoms with van der Waals surface area (Å²) in [5.74, 6) is -0.0426. The van der Waals surface area contributed by atoms with Crippen LogP contribution < -0.4 is 10.2 Å². The van der Waals surface area contributed by atoms with Crippen molar-refractivity contribution in [3.8, 4) is 0 Å². The van der Waals surface area contributed by atoms with Gasteiger partial charge in [0.1, 0.15) is 0 Å². The molecule has 5 nitrogen and oxygen atoms in total. The molecule has 1 aliphatic heterocycles. The van der Waals surface area contributed by atoms with Crippen LogP contribution in [0.5, 0.6) is 0 Å². The standard InChI is InChI=1S/C23H27ClN2O3S/c24-19-8-10-21(11-9-19)30(28,29)23(13-4-5-14-23)22(27)25-16-18-12-15-26(17-18)20-6-2-1-3-7-20/h1-3,6-11,18H,4-5,12-17H2,(H,25,27). The van der Waals surface area contributed by atoms with Crippen LogP contribution in [-0.2, 0) is 14.6 Å². The Hall–Kier alpha value is -2.05. The highest BCUT2D eigenvalue weighted by atomic mass is 35.5. The van der Waals surface area contributed by atoms with Gasteiger partial charge in [-0.05, 0) is 61.6 Å². The number of para-hydroxylation sites is 1. The lowest BCUT2D eigenvalue weighted by Crippen LogP contribution is -2.51. The van der Waals surface area contributed by atoms with Gasteiger partial charge in [-0.2, -0.15) is 0 Å². The van der Waals surface area contributed by atoms with E-state index in [0.29, 0.717) is 30.3 Å². The minimum absolute atomic E-state index is 0.167. The van der Waals surface area contributed by atoms with E-state index in [2.05, 4.69) is 22.3 Å². The Bertz CT molecular complexity index is 987. The van der Waals surface area contributed by atoms with Gasteiger partial charge in [0.15, 0.2) is 14.6 Å². The maximum absolute atomic E-state index is 13.4. The third kappa shape index (κ3) is 3.95. The lowest BCUT2D eigenvalue weighted by atomic mass is 10.0. The molecule has 0 radical (unpaired) electrons. The Labute approximate surface area is 183 Å². The lowest BCUT2D eigenvalue weighted by molar-refractivity contribution is -0.123. The first kappa shape index (κ1) is 21.2. The number of nitrogens with zero attached hydrogens (tertiary/aromatic N) is 1. The number of amides is 1. The number of benzene rings is 2. The highest BCUT2D eigenvalue weighted by Crippen LogP contribution is 2.41. The van der Waals surface area contributed by atoms with Gasteiger partial charge in [-0.25, -0.2) is 8.42 Å². The second kappa shape index (κ2) is 8.60. The summed E-state index contributed by atoms with van der Waals surface area (Å²) in [5, 5.41) is 3.47. The van der Waals surface area contributed by atoms with Crippen molar-refractivity contribution in [2.45, 2.75) is 41.7 Å². The molecule has 1 amide bonds. The van der Waals surface area contributed by atoms with Crippen molar-refractivity contribution in [2.24, 2.45) is 5.92 Å². The van der Waals surface area contributed by atoms with E-state index in [-0.39, 0.29) is 10.8 Å². The van der Waals surface area contributed by atoms with Crippen molar-refractivity contribution in [1.82, 2.24) is 5.32 Å². The van der Waals surface area contributed by atoms with Crippen LogP contribution in [0.4, 0.5) is 5.69 Å². The Morgan fingerprint density at radius 1 is 1.07 bits per heavy atom. The Balaban J connectivity index is 1.45. The third-order valence-electron chi connectivity index (χ3n) is 6.42. The van der Waals surface area contributed by atoms with Gasteiger partial charge in [-0.3, -0.25) is 4.79 Å². The molecule has 30 heavy (non-hydrogen) atoms. The van der Waals surface area contributed by atoms with Crippen molar-refractivity contribution in [3.63, 3.8) is 0 Å². The summed E-state index contributed by atoms with van der Waals surface area (Å²) in [5.41, 5.74) is 1.18. The number of anilines is 1. The molecule has 1 saturated heterocycles.